The van der Waals surface area contributed by atoms with Gasteiger partial charge in [0.25, 0.3) is 0 Å². The fraction of sp³-hybridized carbons (Fsp3) is 0.381. The monoisotopic (exact) mass is 409 g/mol. The van der Waals surface area contributed by atoms with Crippen molar-refractivity contribution >= 4 is 23.4 Å². The van der Waals surface area contributed by atoms with Crippen LogP contribution < -0.4 is 14.8 Å². The Labute approximate surface area is 168 Å². The van der Waals surface area contributed by atoms with E-state index in [-0.39, 0.29) is 23.2 Å². The van der Waals surface area contributed by atoms with Gasteiger partial charge in [0.2, 0.25) is 5.91 Å². The molecule has 2 rings (SSSR count). The molecule has 1 amide bonds. The minimum atomic E-state index is -2.91. The van der Waals surface area contributed by atoms with Gasteiger partial charge >= 0.3 is 6.61 Å². The highest BCUT2D eigenvalue weighted by atomic mass is 32.2. The summed E-state index contributed by atoms with van der Waals surface area (Å²) in [4.78, 5) is 12.3. The summed E-state index contributed by atoms with van der Waals surface area (Å²) in [5.41, 5.74) is 2.83. The van der Waals surface area contributed by atoms with Crippen LogP contribution in [0.25, 0.3) is 0 Å². The zero-order valence-corrected chi connectivity index (χ0v) is 17.0. The molecule has 0 spiro atoms. The zero-order chi connectivity index (χ0) is 20.5. The Morgan fingerprint density at radius 3 is 2.61 bits per heavy atom. The first-order valence-corrected chi connectivity index (χ1v) is 10.2. The molecular weight excluding hydrogens is 384 g/mol. The summed E-state index contributed by atoms with van der Waals surface area (Å²) in [6.45, 7) is 1.34. The molecule has 4 nitrogen and oxygen atoms in total. The van der Waals surface area contributed by atoms with Gasteiger partial charge in [0.15, 0.2) is 11.5 Å². The number of methoxy groups -OCH3 is 1. The Kier molecular flexibility index (Phi) is 8.57. The smallest absolute Gasteiger partial charge is 0.387 e. The number of alkyl halides is 2. The van der Waals surface area contributed by atoms with Gasteiger partial charge in [0.05, 0.1) is 12.9 Å². The summed E-state index contributed by atoms with van der Waals surface area (Å²) in [5.74, 6) is 1.35. The van der Waals surface area contributed by atoms with Gasteiger partial charge < -0.3 is 14.8 Å². The first-order chi connectivity index (χ1) is 13.4. The quantitative estimate of drug-likeness (QED) is 0.548. The van der Waals surface area contributed by atoms with E-state index in [4.69, 9.17) is 4.74 Å². The molecule has 1 N–H and O–H groups in total. The third-order valence-electron chi connectivity index (χ3n) is 4.32. The summed E-state index contributed by atoms with van der Waals surface area (Å²) in [5, 5.41) is 2.98. The van der Waals surface area contributed by atoms with Gasteiger partial charge in [-0.15, -0.1) is 11.8 Å². The Bertz CT molecular complexity index is 786. The number of carbonyl (C=O) groups excluding carboxylic acids is 1. The number of hydrogen-bond acceptors (Lipinski definition) is 4. The molecule has 28 heavy (non-hydrogen) atoms. The van der Waals surface area contributed by atoms with Crippen LogP contribution in [0.5, 0.6) is 11.5 Å². The molecule has 0 heterocycles. The third kappa shape index (κ3) is 6.41. The molecule has 0 aromatic heterocycles. The largest absolute Gasteiger partial charge is 0.493 e. The average Bonchev–Trinajstić information content (AvgIpc) is 2.68. The number of nitrogens with one attached hydrogen (secondary N) is 1. The summed E-state index contributed by atoms with van der Waals surface area (Å²) in [7, 11) is 1.40. The topological polar surface area (TPSA) is 47.6 Å². The van der Waals surface area contributed by atoms with E-state index in [0.29, 0.717) is 11.7 Å². The number of hydrogen-bond donors (Lipinski definition) is 1. The maximum absolute atomic E-state index is 12.4. The maximum Gasteiger partial charge on any atom is 0.387 e. The predicted molar refractivity (Wildman–Crippen MR) is 110 cm³/mol. The second-order valence-corrected chi connectivity index (χ2v) is 7.29. The fourth-order valence-electron chi connectivity index (χ4n) is 2.70. The van der Waals surface area contributed by atoms with Crippen molar-refractivity contribution in [1.29, 1.82) is 0 Å². The van der Waals surface area contributed by atoms with Crippen LogP contribution in [0.4, 0.5) is 14.5 Å². The van der Waals surface area contributed by atoms with Crippen molar-refractivity contribution in [3.63, 3.8) is 0 Å². The molecule has 0 unspecified atom stereocenters. The van der Waals surface area contributed by atoms with Crippen molar-refractivity contribution in [2.24, 2.45) is 0 Å². The van der Waals surface area contributed by atoms with Crippen molar-refractivity contribution in [2.75, 3.05) is 18.2 Å². The number of rotatable bonds is 10. The molecule has 0 radical (unpaired) electrons. The Balaban J connectivity index is 1.91. The number of benzene rings is 2. The number of carbonyl (C=O) groups is 1. The van der Waals surface area contributed by atoms with Crippen LogP contribution in [0.15, 0.2) is 42.5 Å². The second kappa shape index (κ2) is 10.9. The summed E-state index contributed by atoms with van der Waals surface area (Å²) < 4.78 is 34.3. The molecule has 2 aromatic rings. The minimum absolute atomic E-state index is 0.00866. The standard InChI is InChI=1S/C21H25F2NO3S/c1-4-14(2)16-7-5-6-8-17(16)24-20(25)13-28-12-15-9-10-18(27-21(22)23)19(11-15)26-3/h5-11,14,21H,4,12-13H2,1-3H3,(H,24,25)/t14-/m0/s1. The van der Waals surface area contributed by atoms with Crippen molar-refractivity contribution in [1.82, 2.24) is 0 Å². The zero-order valence-electron chi connectivity index (χ0n) is 16.2. The maximum atomic E-state index is 12.4. The van der Waals surface area contributed by atoms with Gasteiger partial charge in [0.1, 0.15) is 0 Å². The Morgan fingerprint density at radius 1 is 1.18 bits per heavy atom. The number of para-hydroxylation sites is 1. The molecule has 7 heteroatoms. The van der Waals surface area contributed by atoms with Crippen LogP contribution in [0, 0.1) is 0 Å². The van der Waals surface area contributed by atoms with Crippen molar-refractivity contribution in [2.45, 2.75) is 38.6 Å². The number of amides is 1. The lowest BCUT2D eigenvalue weighted by atomic mass is 9.97. The lowest BCUT2D eigenvalue weighted by molar-refractivity contribution is -0.113. The molecule has 0 saturated carbocycles. The van der Waals surface area contributed by atoms with Gasteiger partial charge in [0, 0.05) is 11.4 Å². The molecule has 0 aliphatic heterocycles. The van der Waals surface area contributed by atoms with E-state index < -0.39 is 6.61 Å². The van der Waals surface area contributed by atoms with Gasteiger partial charge in [-0.2, -0.15) is 8.78 Å². The van der Waals surface area contributed by atoms with Gasteiger partial charge in [-0.05, 0) is 41.7 Å². The number of ether oxygens (including phenoxy) is 2. The van der Waals surface area contributed by atoms with Gasteiger partial charge in [-0.3, -0.25) is 4.79 Å². The highest BCUT2D eigenvalue weighted by molar-refractivity contribution is 7.99. The van der Waals surface area contributed by atoms with E-state index in [0.717, 1.165) is 23.2 Å². The Hall–Kier alpha value is -2.28. The van der Waals surface area contributed by atoms with E-state index >= 15 is 0 Å². The number of halogens is 2. The first-order valence-electron chi connectivity index (χ1n) is 9.02. The highest BCUT2D eigenvalue weighted by Crippen LogP contribution is 2.31. The van der Waals surface area contributed by atoms with Crippen LogP contribution in [-0.2, 0) is 10.5 Å². The van der Waals surface area contributed by atoms with Crippen molar-refractivity contribution < 1.29 is 23.0 Å². The highest BCUT2D eigenvalue weighted by Gasteiger charge is 2.13. The molecule has 152 valence electrons. The van der Waals surface area contributed by atoms with Crippen molar-refractivity contribution in [3.05, 3.63) is 53.6 Å². The lowest BCUT2D eigenvalue weighted by Crippen LogP contribution is -2.16. The van der Waals surface area contributed by atoms with Crippen LogP contribution in [0.3, 0.4) is 0 Å². The molecular formula is C21H25F2NO3S. The van der Waals surface area contributed by atoms with E-state index in [1.807, 2.05) is 24.3 Å². The van der Waals surface area contributed by atoms with Crippen LogP contribution >= 0.6 is 11.8 Å². The predicted octanol–water partition coefficient (Wildman–Crippen LogP) is 5.68. The van der Waals surface area contributed by atoms with Gasteiger partial charge in [-0.25, -0.2) is 0 Å². The minimum Gasteiger partial charge on any atom is -0.493 e. The first kappa shape index (κ1) is 22.0. The van der Waals surface area contributed by atoms with E-state index in [2.05, 4.69) is 23.9 Å². The van der Waals surface area contributed by atoms with Crippen LogP contribution in [0.1, 0.15) is 37.3 Å². The summed E-state index contributed by atoms with van der Waals surface area (Å²) in [6, 6.07) is 12.6. The second-order valence-electron chi connectivity index (χ2n) is 6.30. The number of thioether (sulfide) groups is 1. The van der Waals surface area contributed by atoms with Crippen LogP contribution in [0.2, 0.25) is 0 Å². The molecule has 2 aromatic carbocycles. The summed E-state index contributed by atoms with van der Waals surface area (Å²) in [6.07, 6.45) is 0.995. The van der Waals surface area contributed by atoms with Crippen LogP contribution in [-0.4, -0.2) is 25.4 Å². The Morgan fingerprint density at radius 2 is 1.93 bits per heavy atom. The van der Waals surface area contributed by atoms with E-state index in [1.54, 1.807) is 12.1 Å². The normalized spacial score (nSPS) is 11.9. The average molecular weight is 409 g/mol. The SMILES string of the molecule is CC[C@H](C)c1ccccc1NC(=O)CSCc1ccc(OC(F)F)c(OC)c1. The summed E-state index contributed by atoms with van der Waals surface area (Å²) >= 11 is 1.44. The molecule has 0 aliphatic carbocycles. The molecule has 0 aliphatic rings. The molecule has 0 fully saturated rings. The molecule has 1 atom stereocenters. The fourth-order valence-corrected chi connectivity index (χ4v) is 3.48. The van der Waals surface area contributed by atoms with Gasteiger partial charge in [-0.1, -0.05) is 38.1 Å². The molecule has 0 bridgehead atoms. The van der Waals surface area contributed by atoms with E-state index in [9.17, 15) is 13.6 Å². The lowest BCUT2D eigenvalue weighted by Gasteiger charge is -2.15. The third-order valence-corrected chi connectivity index (χ3v) is 5.33. The number of anilines is 1. The van der Waals surface area contributed by atoms with Crippen molar-refractivity contribution in [3.8, 4) is 11.5 Å². The molecule has 0 saturated heterocycles. The van der Waals surface area contributed by atoms with E-state index in [1.165, 1.54) is 24.9 Å².